The van der Waals surface area contributed by atoms with Gasteiger partial charge in [0.15, 0.2) is 11.5 Å². The molecule has 43 heavy (non-hydrogen) atoms. The smallest absolute Gasteiger partial charge is 0.264 e. The molecule has 0 atom stereocenters. The molecule has 0 radical (unpaired) electrons. The number of aryl methyl sites for hydroxylation is 3. The van der Waals surface area contributed by atoms with Crippen molar-refractivity contribution in [1.82, 2.24) is 0 Å². The molecule has 12 heteroatoms. The van der Waals surface area contributed by atoms with Crippen molar-refractivity contribution in [3.8, 4) is 11.5 Å². The molecule has 0 aliphatic rings. The number of hydrogen-bond acceptors (Lipinski definition) is 7. The van der Waals surface area contributed by atoms with Crippen LogP contribution in [-0.2, 0) is 24.8 Å². The van der Waals surface area contributed by atoms with Gasteiger partial charge in [-0.1, -0.05) is 35.4 Å². The minimum Gasteiger partial charge on any atom is -0.493 e. The minimum absolute atomic E-state index is 0.00258. The van der Waals surface area contributed by atoms with Gasteiger partial charge in [0.25, 0.3) is 20.0 Å². The zero-order valence-corrected chi connectivity index (χ0v) is 26.0. The number of sulfonamides is 2. The van der Waals surface area contributed by atoms with Crippen LogP contribution >= 0.6 is 0 Å². The Morgan fingerprint density at radius 1 is 0.721 bits per heavy atom. The molecule has 0 aliphatic carbocycles. The van der Waals surface area contributed by atoms with Gasteiger partial charge in [0.1, 0.15) is 6.54 Å². The number of ether oxygens (including phenoxy) is 2. The lowest BCUT2D eigenvalue weighted by Gasteiger charge is -2.24. The van der Waals surface area contributed by atoms with Crippen molar-refractivity contribution < 1.29 is 31.1 Å². The molecule has 4 rings (SSSR count). The standard InChI is InChI=1S/C31H33N3O7S2/c1-21-6-11-25(12-7-21)34(43(38,39)27-15-17-29(40-4)30(19-27)41-5)20-31(35)32-24-9-13-26(14-10-24)42(36,37)33-28-16-8-22(2)18-23(28)3/h6-19,33H,20H2,1-5H3,(H,32,35). The summed E-state index contributed by atoms with van der Waals surface area (Å²) in [5, 5.41) is 2.66. The van der Waals surface area contributed by atoms with Crippen LogP contribution in [0.4, 0.5) is 17.1 Å². The van der Waals surface area contributed by atoms with Crippen molar-refractivity contribution in [2.75, 3.05) is 35.1 Å². The average Bonchev–Trinajstić information content (AvgIpc) is 2.97. The second-order valence-corrected chi connectivity index (χ2v) is 13.4. The predicted octanol–water partition coefficient (Wildman–Crippen LogP) is 5.26. The van der Waals surface area contributed by atoms with Crippen LogP contribution in [0, 0.1) is 20.8 Å². The summed E-state index contributed by atoms with van der Waals surface area (Å²) in [7, 11) is -5.27. The normalized spacial score (nSPS) is 11.5. The monoisotopic (exact) mass is 623 g/mol. The lowest BCUT2D eigenvalue weighted by atomic mass is 10.1. The van der Waals surface area contributed by atoms with Gasteiger partial charge in [-0.25, -0.2) is 16.8 Å². The number of carbonyl (C=O) groups excluding carboxylic acids is 1. The first-order valence-electron chi connectivity index (χ1n) is 13.2. The molecule has 0 bridgehead atoms. The number of nitrogens with zero attached hydrogens (tertiary/aromatic N) is 1. The second-order valence-electron chi connectivity index (χ2n) is 9.86. The van der Waals surface area contributed by atoms with Gasteiger partial charge >= 0.3 is 0 Å². The number of anilines is 3. The Morgan fingerprint density at radius 2 is 1.33 bits per heavy atom. The second kappa shape index (κ2) is 12.8. The molecule has 0 heterocycles. The fourth-order valence-electron chi connectivity index (χ4n) is 4.31. The molecule has 0 aliphatic heterocycles. The Balaban J connectivity index is 1.56. The largest absolute Gasteiger partial charge is 0.493 e. The van der Waals surface area contributed by atoms with E-state index < -0.39 is 32.5 Å². The van der Waals surface area contributed by atoms with Crippen LogP contribution in [0.25, 0.3) is 0 Å². The number of carbonyl (C=O) groups is 1. The first kappa shape index (κ1) is 31.4. The molecule has 4 aromatic carbocycles. The number of methoxy groups -OCH3 is 2. The molecule has 0 saturated carbocycles. The molecule has 0 unspecified atom stereocenters. The highest BCUT2D eigenvalue weighted by atomic mass is 32.2. The lowest BCUT2D eigenvalue weighted by Crippen LogP contribution is -2.38. The van der Waals surface area contributed by atoms with Gasteiger partial charge in [-0.15, -0.1) is 0 Å². The summed E-state index contributed by atoms with van der Waals surface area (Å²) >= 11 is 0. The quantitative estimate of drug-likeness (QED) is 0.233. The van der Waals surface area contributed by atoms with Crippen molar-refractivity contribution in [3.63, 3.8) is 0 Å². The van der Waals surface area contributed by atoms with Crippen molar-refractivity contribution in [3.05, 3.63) is 102 Å². The average molecular weight is 624 g/mol. The summed E-state index contributed by atoms with van der Waals surface area (Å²) in [6.07, 6.45) is 0. The van der Waals surface area contributed by atoms with E-state index in [0.717, 1.165) is 21.0 Å². The van der Waals surface area contributed by atoms with Crippen molar-refractivity contribution in [2.24, 2.45) is 0 Å². The third kappa shape index (κ3) is 7.27. The van der Waals surface area contributed by atoms with Crippen molar-refractivity contribution in [2.45, 2.75) is 30.6 Å². The molecule has 226 valence electrons. The summed E-state index contributed by atoms with van der Waals surface area (Å²) in [5.41, 5.74) is 3.76. The first-order valence-corrected chi connectivity index (χ1v) is 16.1. The Hall–Kier alpha value is -4.55. The van der Waals surface area contributed by atoms with Gasteiger partial charge < -0.3 is 14.8 Å². The number of hydrogen-bond donors (Lipinski definition) is 2. The Morgan fingerprint density at radius 3 is 1.93 bits per heavy atom. The third-order valence-electron chi connectivity index (χ3n) is 6.63. The maximum absolute atomic E-state index is 13.8. The zero-order chi connectivity index (χ0) is 31.4. The Kier molecular flexibility index (Phi) is 9.31. The Bertz CT molecular complexity index is 1840. The SMILES string of the molecule is COc1ccc(S(=O)(=O)N(CC(=O)Nc2ccc(S(=O)(=O)Nc3ccc(C)cc3C)cc2)c2ccc(C)cc2)cc1OC. The van der Waals surface area contributed by atoms with Gasteiger partial charge in [0.05, 0.1) is 35.4 Å². The van der Waals surface area contributed by atoms with Gasteiger partial charge in [-0.2, -0.15) is 0 Å². The number of nitrogens with one attached hydrogen (secondary N) is 2. The summed E-state index contributed by atoms with van der Waals surface area (Å²) in [5.74, 6) is -0.0525. The van der Waals surface area contributed by atoms with E-state index >= 15 is 0 Å². The summed E-state index contributed by atoms with van der Waals surface area (Å²) in [6, 6.07) is 21.9. The fourth-order valence-corrected chi connectivity index (χ4v) is 6.88. The van der Waals surface area contributed by atoms with E-state index in [0.29, 0.717) is 17.1 Å². The molecular formula is C31H33N3O7S2. The van der Waals surface area contributed by atoms with Gasteiger partial charge in [0, 0.05) is 11.8 Å². The highest BCUT2D eigenvalue weighted by Crippen LogP contribution is 2.32. The van der Waals surface area contributed by atoms with Gasteiger partial charge in [-0.3, -0.25) is 13.8 Å². The molecule has 4 aromatic rings. The van der Waals surface area contributed by atoms with Gasteiger partial charge in [0.2, 0.25) is 5.91 Å². The fraction of sp³-hybridized carbons (Fsp3) is 0.194. The lowest BCUT2D eigenvalue weighted by molar-refractivity contribution is -0.114. The first-order chi connectivity index (χ1) is 20.3. The van der Waals surface area contributed by atoms with E-state index in [1.165, 1.54) is 56.7 Å². The topological polar surface area (TPSA) is 131 Å². The zero-order valence-electron chi connectivity index (χ0n) is 24.4. The predicted molar refractivity (Wildman–Crippen MR) is 167 cm³/mol. The van der Waals surface area contributed by atoms with Crippen LogP contribution in [0.15, 0.2) is 94.7 Å². The highest BCUT2D eigenvalue weighted by molar-refractivity contribution is 7.93. The molecule has 0 spiro atoms. The van der Waals surface area contributed by atoms with E-state index in [1.807, 2.05) is 32.9 Å². The minimum atomic E-state index is -4.22. The highest BCUT2D eigenvalue weighted by Gasteiger charge is 2.28. The third-order valence-corrected chi connectivity index (χ3v) is 9.78. The molecule has 0 saturated heterocycles. The summed E-state index contributed by atoms with van der Waals surface area (Å²) in [6.45, 7) is 5.05. The Labute approximate surface area is 252 Å². The molecular weight excluding hydrogens is 590 g/mol. The number of benzene rings is 4. The van der Waals surface area contributed by atoms with E-state index in [4.69, 9.17) is 9.47 Å². The van der Waals surface area contributed by atoms with Crippen LogP contribution in [-0.4, -0.2) is 43.5 Å². The van der Waals surface area contributed by atoms with Crippen LogP contribution in [0.5, 0.6) is 11.5 Å². The molecule has 0 fully saturated rings. The molecule has 0 aromatic heterocycles. The molecule has 10 nitrogen and oxygen atoms in total. The van der Waals surface area contributed by atoms with Crippen LogP contribution in [0.1, 0.15) is 16.7 Å². The molecule has 2 N–H and O–H groups in total. The maximum Gasteiger partial charge on any atom is 0.264 e. The molecule has 1 amide bonds. The van der Waals surface area contributed by atoms with Crippen LogP contribution in [0.3, 0.4) is 0 Å². The summed E-state index contributed by atoms with van der Waals surface area (Å²) < 4.78 is 67.6. The van der Waals surface area contributed by atoms with Crippen LogP contribution in [0.2, 0.25) is 0 Å². The van der Waals surface area contributed by atoms with E-state index in [9.17, 15) is 21.6 Å². The van der Waals surface area contributed by atoms with E-state index in [2.05, 4.69) is 10.0 Å². The van der Waals surface area contributed by atoms with Gasteiger partial charge in [-0.05, 0) is 80.9 Å². The van der Waals surface area contributed by atoms with E-state index in [1.54, 1.807) is 30.3 Å². The maximum atomic E-state index is 13.8. The van der Waals surface area contributed by atoms with E-state index in [-0.39, 0.29) is 21.2 Å². The van der Waals surface area contributed by atoms with Crippen molar-refractivity contribution in [1.29, 1.82) is 0 Å². The number of amides is 1. The number of rotatable bonds is 11. The van der Waals surface area contributed by atoms with Crippen LogP contribution < -0.4 is 23.8 Å². The summed E-state index contributed by atoms with van der Waals surface area (Å²) in [4.78, 5) is 13.1. The van der Waals surface area contributed by atoms with Crippen molar-refractivity contribution >= 4 is 43.0 Å².